The van der Waals surface area contributed by atoms with Gasteiger partial charge in [-0.05, 0) is 56.3 Å². The highest BCUT2D eigenvalue weighted by molar-refractivity contribution is 5.83. The van der Waals surface area contributed by atoms with E-state index in [4.69, 9.17) is 9.15 Å². The second kappa shape index (κ2) is 8.63. The van der Waals surface area contributed by atoms with Crippen LogP contribution in [0.4, 0.5) is 13.2 Å². The molecule has 0 bridgehead atoms. The molecule has 3 rings (SSSR count). The molecule has 5 nitrogen and oxygen atoms in total. The summed E-state index contributed by atoms with van der Waals surface area (Å²) in [7, 11) is 0. The summed E-state index contributed by atoms with van der Waals surface area (Å²) in [5, 5.41) is 10.2. The SMILES string of the molecule is CCN(CC)Cc1c(O)ccc2c(=O)c(Oc3cc(C)ccc3C)c(C(F)(F)F)oc12. The van der Waals surface area contributed by atoms with Gasteiger partial charge in [0, 0.05) is 6.54 Å². The van der Waals surface area contributed by atoms with Crippen molar-refractivity contribution >= 4 is 11.0 Å². The molecule has 0 aliphatic heterocycles. The van der Waals surface area contributed by atoms with Crippen LogP contribution >= 0.6 is 0 Å². The van der Waals surface area contributed by atoms with Gasteiger partial charge in [-0.1, -0.05) is 26.0 Å². The van der Waals surface area contributed by atoms with Gasteiger partial charge in [-0.15, -0.1) is 0 Å². The van der Waals surface area contributed by atoms with Gasteiger partial charge in [0.25, 0.3) is 5.76 Å². The Morgan fingerprint density at radius 3 is 2.39 bits per heavy atom. The largest absolute Gasteiger partial charge is 0.507 e. The average Bonchev–Trinajstić information content (AvgIpc) is 2.71. The van der Waals surface area contributed by atoms with Gasteiger partial charge < -0.3 is 14.3 Å². The first-order valence-corrected chi connectivity index (χ1v) is 9.93. The second-order valence-corrected chi connectivity index (χ2v) is 7.36. The van der Waals surface area contributed by atoms with Crippen molar-refractivity contribution in [2.24, 2.45) is 0 Å². The minimum atomic E-state index is -4.97. The predicted octanol–water partition coefficient (Wildman–Crippen LogP) is 5.77. The molecule has 166 valence electrons. The van der Waals surface area contributed by atoms with Crippen LogP contribution < -0.4 is 10.2 Å². The first kappa shape index (κ1) is 22.7. The fraction of sp³-hybridized carbons (Fsp3) is 0.348. The number of nitrogens with zero attached hydrogens (tertiary/aromatic N) is 1. The molecule has 1 aromatic heterocycles. The number of ether oxygens (including phenoxy) is 1. The van der Waals surface area contributed by atoms with Crippen LogP contribution in [0.2, 0.25) is 0 Å². The van der Waals surface area contributed by atoms with Gasteiger partial charge in [0.1, 0.15) is 17.1 Å². The Morgan fingerprint density at radius 2 is 1.77 bits per heavy atom. The highest BCUT2D eigenvalue weighted by Gasteiger charge is 2.41. The van der Waals surface area contributed by atoms with E-state index in [0.29, 0.717) is 18.7 Å². The molecule has 0 saturated heterocycles. The van der Waals surface area contributed by atoms with Gasteiger partial charge >= 0.3 is 6.18 Å². The number of rotatable bonds is 6. The first-order valence-electron chi connectivity index (χ1n) is 9.93. The summed E-state index contributed by atoms with van der Waals surface area (Å²) < 4.78 is 52.4. The Labute approximate surface area is 177 Å². The third-order valence-corrected chi connectivity index (χ3v) is 5.19. The number of benzene rings is 2. The zero-order chi connectivity index (χ0) is 22.9. The first-order chi connectivity index (χ1) is 14.6. The zero-order valence-corrected chi connectivity index (χ0v) is 17.8. The van der Waals surface area contributed by atoms with Crippen LogP contribution in [-0.4, -0.2) is 23.1 Å². The van der Waals surface area contributed by atoms with Crippen molar-refractivity contribution in [3.8, 4) is 17.2 Å². The molecule has 0 amide bonds. The molecule has 0 radical (unpaired) electrons. The van der Waals surface area contributed by atoms with Gasteiger partial charge in [0.15, 0.2) is 0 Å². The number of phenols is 1. The fourth-order valence-electron chi connectivity index (χ4n) is 3.32. The van der Waals surface area contributed by atoms with Gasteiger partial charge in [-0.2, -0.15) is 13.2 Å². The third-order valence-electron chi connectivity index (χ3n) is 5.19. The highest BCUT2D eigenvalue weighted by atomic mass is 19.4. The van der Waals surface area contributed by atoms with E-state index in [1.54, 1.807) is 32.0 Å². The minimum Gasteiger partial charge on any atom is -0.507 e. The molecule has 1 N–H and O–H groups in total. The highest BCUT2D eigenvalue weighted by Crippen LogP contribution is 2.40. The maximum absolute atomic E-state index is 13.9. The van der Waals surface area contributed by atoms with Crippen LogP contribution in [0.25, 0.3) is 11.0 Å². The smallest absolute Gasteiger partial charge is 0.453 e. The van der Waals surface area contributed by atoms with E-state index in [0.717, 1.165) is 5.56 Å². The van der Waals surface area contributed by atoms with Crippen molar-refractivity contribution in [1.82, 2.24) is 4.90 Å². The minimum absolute atomic E-state index is 0.0896. The number of aryl methyl sites for hydroxylation is 2. The lowest BCUT2D eigenvalue weighted by Gasteiger charge is -2.20. The van der Waals surface area contributed by atoms with Crippen molar-refractivity contribution in [2.45, 2.75) is 40.4 Å². The molecule has 8 heteroatoms. The van der Waals surface area contributed by atoms with Crippen molar-refractivity contribution in [3.63, 3.8) is 0 Å². The summed E-state index contributed by atoms with van der Waals surface area (Å²) >= 11 is 0. The monoisotopic (exact) mass is 435 g/mol. The van der Waals surface area contributed by atoms with Crippen molar-refractivity contribution in [3.05, 3.63) is 63.0 Å². The molecule has 0 aliphatic carbocycles. The van der Waals surface area contributed by atoms with Crippen molar-refractivity contribution in [2.75, 3.05) is 13.1 Å². The number of fused-ring (bicyclic) bond motifs is 1. The second-order valence-electron chi connectivity index (χ2n) is 7.36. The van der Waals surface area contributed by atoms with Gasteiger partial charge in [-0.3, -0.25) is 9.69 Å². The molecule has 3 aromatic rings. The summed E-state index contributed by atoms with van der Waals surface area (Å²) in [4.78, 5) is 15.0. The molecule has 1 heterocycles. The topological polar surface area (TPSA) is 62.9 Å². The molecule has 0 fully saturated rings. The van der Waals surface area contributed by atoms with Crippen LogP contribution in [0.1, 0.15) is 36.3 Å². The van der Waals surface area contributed by atoms with E-state index in [1.807, 2.05) is 18.7 Å². The van der Waals surface area contributed by atoms with Crippen LogP contribution in [0.5, 0.6) is 17.2 Å². The number of phenolic OH excluding ortho intramolecular Hbond substituents is 1. The Balaban J connectivity index is 2.29. The number of hydrogen-bond acceptors (Lipinski definition) is 5. The lowest BCUT2D eigenvalue weighted by molar-refractivity contribution is -0.154. The van der Waals surface area contributed by atoms with Gasteiger partial charge in [0.2, 0.25) is 11.2 Å². The number of alkyl halides is 3. The van der Waals surface area contributed by atoms with Crippen LogP contribution in [-0.2, 0) is 12.7 Å². The summed E-state index contributed by atoms with van der Waals surface area (Å²) in [6.45, 7) is 8.56. The average molecular weight is 435 g/mol. The molecule has 0 unspecified atom stereocenters. The molecular formula is C23H24F3NO4. The van der Waals surface area contributed by atoms with Gasteiger partial charge in [-0.25, -0.2) is 0 Å². The quantitative estimate of drug-likeness (QED) is 0.533. The van der Waals surface area contributed by atoms with E-state index < -0.39 is 23.1 Å². The summed E-state index contributed by atoms with van der Waals surface area (Å²) in [5.74, 6) is -2.55. The normalized spacial score (nSPS) is 12.0. The molecule has 0 saturated carbocycles. The van der Waals surface area contributed by atoms with E-state index in [9.17, 15) is 23.1 Å². The van der Waals surface area contributed by atoms with Crippen LogP contribution in [0.3, 0.4) is 0 Å². The molecule has 31 heavy (non-hydrogen) atoms. The Kier molecular flexibility index (Phi) is 6.31. The molecule has 2 aromatic carbocycles. The summed E-state index contributed by atoms with van der Waals surface area (Å²) in [6, 6.07) is 7.58. The predicted molar refractivity (Wildman–Crippen MR) is 112 cm³/mol. The van der Waals surface area contributed by atoms with E-state index in [1.165, 1.54) is 12.1 Å². The Morgan fingerprint density at radius 1 is 1.10 bits per heavy atom. The van der Waals surface area contributed by atoms with Crippen LogP contribution in [0, 0.1) is 13.8 Å². The third kappa shape index (κ3) is 4.54. The zero-order valence-electron chi connectivity index (χ0n) is 17.8. The fourth-order valence-corrected chi connectivity index (χ4v) is 3.32. The lowest BCUT2D eigenvalue weighted by Crippen LogP contribution is -2.23. The molecular weight excluding hydrogens is 411 g/mol. The van der Waals surface area contributed by atoms with Crippen molar-refractivity contribution < 1.29 is 27.4 Å². The summed E-state index contributed by atoms with van der Waals surface area (Å²) in [5.41, 5.74) is 0.229. The standard InChI is InChI=1S/C23H24F3NO4/c1-5-27(6-2)12-16-17(28)10-9-15-19(29)21(22(23(24,25)26)31-20(15)16)30-18-11-13(3)7-8-14(18)4/h7-11,28H,5-6,12H2,1-4H3. The Bertz CT molecular complexity index is 1160. The van der Waals surface area contributed by atoms with E-state index >= 15 is 0 Å². The van der Waals surface area contributed by atoms with Crippen LogP contribution in [0.15, 0.2) is 39.5 Å². The van der Waals surface area contributed by atoms with Gasteiger partial charge in [0.05, 0.1) is 10.9 Å². The molecule has 0 spiro atoms. The molecule has 0 aliphatic rings. The maximum Gasteiger partial charge on any atom is 0.453 e. The van der Waals surface area contributed by atoms with E-state index in [2.05, 4.69) is 0 Å². The Hall–Kier alpha value is -3.00. The lowest BCUT2D eigenvalue weighted by atomic mass is 10.1. The van der Waals surface area contributed by atoms with E-state index in [-0.39, 0.29) is 34.6 Å². The maximum atomic E-state index is 13.9. The summed E-state index contributed by atoms with van der Waals surface area (Å²) in [6.07, 6.45) is -4.97. The van der Waals surface area contributed by atoms with Crippen molar-refractivity contribution in [1.29, 1.82) is 0 Å². The number of hydrogen-bond donors (Lipinski definition) is 1. The number of aromatic hydroxyl groups is 1. The number of halogens is 3. The molecule has 0 atom stereocenters.